The SMILES string of the molecule is CCCOC1(NC(=O)/C=C/c2ccccc2)C(C)=CC(=O)C=C1C. The van der Waals surface area contributed by atoms with Gasteiger partial charge in [0.25, 0.3) is 0 Å². The van der Waals surface area contributed by atoms with Crippen molar-refractivity contribution in [3.05, 3.63) is 65.3 Å². The molecule has 0 radical (unpaired) electrons. The fraction of sp³-hybridized carbons (Fsp3) is 0.300. The summed E-state index contributed by atoms with van der Waals surface area (Å²) in [6.07, 6.45) is 7.04. The van der Waals surface area contributed by atoms with Crippen LogP contribution in [0.15, 0.2) is 59.7 Å². The molecule has 0 fully saturated rings. The number of nitrogens with one attached hydrogen (secondary N) is 1. The number of carbonyl (C=O) groups excluding carboxylic acids is 2. The molecule has 1 aliphatic rings. The summed E-state index contributed by atoms with van der Waals surface area (Å²) < 4.78 is 5.96. The van der Waals surface area contributed by atoms with E-state index in [1.54, 1.807) is 19.9 Å². The number of amides is 1. The summed E-state index contributed by atoms with van der Waals surface area (Å²) in [6, 6.07) is 9.59. The Balaban J connectivity index is 2.21. The molecule has 0 aliphatic heterocycles. The van der Waals surface area contributed by atoms with Crippen LogP contribution in [0.3, 0.4) is 0 Å². The zero-order chi connectivity index (χ0) is 17.6. The van der Waals surface area contributed by atoms with Gasteiger partial charge in [0.1, 0.15) is 0 Å². The number of carbonyl (C=O) groups is 2. The minimum atomic E-state index is -1.05. The van der Waals surface area contributed by atoms with Crippen LogP contribution in [0.5, 0.6) is 0 Å². The van der Waals surface area contributed by atoms with E-state index in [0.29, 0.717) is 17.8 Å². The lowest BCUT2D eigenvalue weighted by Gasteiger charge is -2.38. The molecule has 0 spiro atoms. The maximum atomic E-state index is 12.4. The van der Waals surface area contributed by atoms with Gasteiger partial charge in [-0.05, 0) is 55.2 Å². The molecule has 126 valence electrons. The lowest BCUT2D eigenvalue weighted by atomic mass is 9.89. The summed E-state index contributed by atoms with van der Waals surface area (Å²) in [7, 11) is 0. The van der Waals surface area contributed by atoms with Crippen LogP contribution in [0.1, 0.15) is 32.8 Å². The third-order valence-electron chi connectivity index (χ3n) is 3.88. The van der Waals surface area contributed by atoms with Gasteiger partial charge in [-0.3, -0.25) is 9.59 Å². The fourth-order valence-corrected chi connectivity index (χ4v) is 2.65. The summed E-state index contributed by atoms with van der Waals surface area (Å²) >= 11 is 0. The van der Waals surface area contributed by atoms with E-state index in [4.69, 9.17) is 4.74 Å². The van der Waals surface area contributed by atoms with Crippen molar-refractivity contribution in [1.82, 2.24) is 5.32 Å². The minimum Gasteiger partial charge on any atom is -0.348 e. The summed E-state index contributed by atoms with van der Waals surface area (Å²) in [6.45, 7) is 6.07. The van der Waals surface area contributed by atoms with Gasteiger partial charge in [0, 0.05) is 12.7 Å². The van der Waals surface area contributed by atoms with Crippen LogP contribution in [0.4, 0.5) is 0 Å². The Bertz CT molecular complexity index is 677. The normalized spacial score (nSPS) is 16.7. The first-order valence-electron chi connectivity index (χ1n) is 8.08. The number of allylic oxidation sites excluding steroid dienone is 2. The Labute approximate surface area is 142 Å². The first-order valence-corrected chi connectivity index (χ1v) is 8.08. The molecule has 4 heteroatoms. The van der Waals surface area contributed by atoms with Gasteiger partial charge in [0.15, 0.2) is 11.5 Å². The van der Waals surface area contributed by atoms with Crippen LogP contribution in [-0.2, 0) is 14.3 Å². The third kappa shape index (κ3) is 4.09. The monoisotopic (exact) mass is 325 g/mol. The molecule has 0 aromatic heterocycles. The number of ketones is 1. The lowest BCUT2D eigenvalue weighted by molar-refractivity contribution is -0.124. The second kappa shape index (κ2) is 7.88. The molecule has 1 aromatic rings. The fourth-order valence-electron chi connectivity index (χ4n) is 2.65. The van der Waals surface area contributed by atoms with Crippen molar-refractivity contribution in [2.24, 2.45) is 0 Å². The zero-order valence-corrected chi connectivity index (χ0v) is 14.3. The highest BCUT2D eigenvalue weighted by Crippen LogP contribution is 2.31. The number of hydrogen-bond donors (Lipinski definition) is 1. The van der Waals surface area contributed by atoms with Crippen LogP contribution >= 0.6 is 0 Å². The number of hydrogen-bond acceptors (Lipinski definition) is 3. The molecule has 1 aromatic carbocycles. The largest absolute Gasteiger partial charge is 0.348 e. The Morgan fingerprint density at radius 3 is 2.38 bits per heavy atom. The summed E-state index contributed by atoms with van der Waals surface area (Å²) in [5.74, 6) is -0.361. The molecule has 0 heterocycles. The van der Waals surface area contributed by atoms with Crippen LogP contribution in [0, 0.1) is 0 Å². The van der Waals surface area contributed by atoms with Crippen molar-refractivity contribution in [1.29, 1.82) is 0 Å². The van der Waals surface area contributed by atoms with Crippen LogP contribution in [0.25, 0.3) is 6.08 Å². The van der Waals surface area contributed by atoms with Gasteiger partial charge in [-0.25, -0.2) is 0 Å². The molecule has 24 heavy (non-hydrogen) atoms. The molecule has 0 atom stereocenters. The van der Waals surface area contributed by atoms with Crippen LogP contribution in [-0.4, -0.2) is 24.0 Å². The van der Waals surface area contributed by atoms with E-state index in [1.165, 1.54) is 18.2 Å². The van der Waals surface area contributed by atoms with Crippen molar-refractivity contribution in [3.63, 3.8) is 0 Å². The third-order valence-corrected chi connectivity index (χ3v) is 3.88. The molecular formula is C20H23NO3. The average Bonchev–Trinajstić information content (AvgIpc) is 2.56. The predicted molar refractivity (Wildman–Crippen MR) is 95.1 cm³/mol. The van der Waals surface area contributed by atoms with Gasteiger partial charge in [0.2, 0.25) is 5.91 Å². The van der Waals surface area contributed by atoms with Crippen LogP contribution in [0.2, 0.25) is 0 Å². The first-order chi connectivity index (χ1) is 11.5. The van der Waals surface area contributed by atoms with Gasteiger partial charge in [-0.2, -0.15) is 0 Å². The maximum absolute atomic E-state index is 12.4. The van der Waals surface area contributed by atoms with Gasteiger partial charge in [-0.15, -0.1) is 0 Å². The standard InChI is InChI=1S/C20H23NO3/c1-4-12-24-20(15(2)13-18(22)14-16(20)3)21-19(23)11-10-17-8-6-5-7-9-17/h5-11,13-14H,4,12H2,1-3H3,(H,21,23)/b11-10+. The smallest absolute Gasteiger partial charge is 0.246 e. The van der Waals surface area contributed by atoms with E-state index in [2.05, 4.69) is 5.32 Å². The molecule has 0 bridgehead atoms. The topological polar surface area (TPSA) is 55.4 Å². The molecule has 4 nitrogen and oxygen atoms in total. The highest BCUT2D eigenvalue weighted by atomic mass is 16.5. The van der Waals surface area contributed by atoms with Crippen molar-refractivity contribution < 1.29 is 14.3 Å². The number of benzene rings is 1. The Hall–Kier alpha value is -2.46. The molecule has 0 unspecified atom stereocenters. The molecule has 1 N–H and O–H groups in total. The van der Waals surface area contributed by atoms with E-state index in [1.807, 2.05) is 37.3 Å². The van der Waals surface area contributed by atoms with E-state index in [-0.39, 0.29) is 11.7 Å². The molecule has 0 saturated heterocycles. The summed E-state index contributed by atoms with van der Waals surface area (Å²) in [4.78, 5) is 24.1. The van der Waals surface area contributed by atoms with E-state index in [0.717, 1.165) is 12.0 Å². The Kier molecular flexibility index (Phi) is 5.88. The molecule has 1 amide bonds. The molecule has 1 aliphatic carbocycles. The van der Waals surface area contributed by atoms with Gasteiger partial charge in [-0.1, -0.05) is 37.3 Å². The van der Waals surface area contributed by atoms with Crippen LogP contribution < -0.4 is 5.32 Å². The van der Waals surface area contributed by atoms with Gasteiger partial charge in [0.05, 0.1) is 0 Å². The number of rotatable bonds is 6. The second-order valence-electron chi connectivity index (χ2n) is 5.82. The number of ether oxygens (including phenoxy) is 1. The van der Waals surface area contributed by atoms with Crippen molar-refractivity contribution in [2.75, 3.05) is 6.61 Å². The molecular weight excluding hydrogens is 302 g/mol. The van der Waals surface area contributed by atoms with Crippen molar-refractivity contribution in [2.45, 2.75) is 32.9 Å². The molecule has 2 rings (SSSR count). The second-order valence-corrected chi connectivity index (χ2v) is 5.82. The van der Waals surface area contributed by atoms with Gasteiger partial charge < -0.3 is 10.1 Å². The minimum absolute atomic E-state index is 0.0881. The van der Waals surface area contributed by atoms with Gasteiger partial charge >= 0.3 is 0 Å². The predicted octanol–water partition coefficient (Wildman–Crippen LogP) is 3.41. The Morgan fingerprint density at radius 1 is 1.17 bits per heavy atom. The van der Waals surface area contributed by atoms with E-state index < -0.39 is 5.72 Å². The quantitative estimate of drug-likeness (QED) is 0.644. The lowest BCUT2D eigenvalue weighted by Crippen LogP contribution is -2.53. The highest BCUT2D eigenvalue weighted by molar-refractivity contribution is 6.02. The average molecular weight is 325 g/mol. The maximum Gasteiger partial charge on any atom is 0.246 e. The highest BCUT2D eigenvalue weighted by Gasteiger charge is 2.39. The van der Waals surface area contributed by atoms with E-state index >= 15 is 0 Å². The summed E-state index contributed by atoms with van der Waals surface area (Å²) in [5.41, 5.74) is 1.25. The van der Waals surface area contributed by atoms with Crippen molar-refractivity contribution in [3.8, 4) is 0 Å². The van der Waals surface area contributed by atoms with E-state index in [9.17, 15) is 9.59 Å². The summed E-state index contributed by atoms with van der Waals surface area (Å²) in [5, 5.41) is 2.92. The Morgan fingerprint density at radius 2 is 1.79 bits per heavy atom. The van der Waals surface area contributed by atoms with Crippen molar-refractivity contribution >= 4 is 17.8 Å². The zero-order valence-electron chi connectivity index (χ0n) is 14.3. The molecule has 0 saturated carbocycles. The first kappa shape index (κ1) is 17.9.